The second-order valence-corrected chi connectivity index (χ2v) is 7.21. The predicted octanol–water partition coefficient (Wildman–Crippen LogP) is 4.24. The van der Waals surface area contributed by atoms with Crippen molar-refractivity contribution in [3.63, 3.8) is 0 Å². The van der Waals surface area contributed by atoms with Gasteiger partial charge in [-0.05, 0) is 46.7 Å². The monoisotopic (exact) mass is 302 g/mol. The molecule has 16 heavy (non-hydrogen) atoms. The van der Waals surface area contributed by atoms with E-state index in [1.165, 1.54) is 11.3 Å². The second kappa shape index (κ2) is 4.79. The summed E-state index contributed by atoms with van der Waals surface area (Å²) in [5, 5.41) is 12.9. The van der Waals surface area contributed by atoms with Gasteiger partial charge < -0.3 is 5.11 Å². The molecule has 1 nitrogen and oxygen atoms in total. The average molecular weight is 303 g/mol. The first-order valence-corrected chi connectivity index (χ1v) is 7.62. The van der Waals surface area contributed by atoms with E-state index in [1.807, 2.05) is 0 Å². The van der Waals surface area contributed by atoms with Crippen molar-refractivity contribution in [2.24, 2.45) is 11.8 Å². The van der Waals surface area contributed by atoms with E-state index in [2.05, 4.69) is 41.2 Å². The molecule has 0 amide bonds. The summed E-state index contributed by atoms with van der Waals surface area (Å²) in [6, 6.07) is 2.13. The third-order valence-electron chi connectivity index (χ3n) is 3.81. The Morgan fingerprint density at radius 2 is 2.25 bits per heavy atom. The number of aliphatic hydroxyl groups is 1. The maximum atomic E-state index is 10.8. The molecule has 0 aromatic carbocycles. The van der Waals surface area contributed by atoms with Crippen molar-refractivity contribution in [3.05, 3.63) is 20.8 Å². The van der Waals surface area contributed by atoms with Gasteiger partial charge in [0.15, 0.2) is 0 Å². The lowest BCUT2D eigenvalue weighted by Crippen LogP contribution is -2.43. The standard InChI is InChI=1S/C13H19BrOS/c1-9-3-4-10(2)13(15,6-9)7-12-5-11(14)8-16-12/h5,8-10,15H,3-4,6-7H2,1-2H3. The predicted molar refractivity (Wildman–Crippen MR) is 72.9 cm³/mol. The lowest BCUT2D eigenvalue weighted by Gasteiger charge is -2.41. The number of halogens is 1. The molecule has 3 atom stereocenters. The van der Waals surface area contributed by atoms with E-state index in [0.29, 0.717) is 11.8 Å². The van der Waals surface area contributed by atoms with Crippen LogP contribution in [-0.4, -0.2) is 10.7 Å². The third-order valence-corrected chi connectivity index (χ3v) is 5.51. The molecule has 3 unspecified atom stereocenters. The van der Waals surface area contributed by atoms with Gasteiger partial charge in [0.1, 0.15) is 0 Å². The van der Waals surface area contributed by atoms with E-state index in [-0.39, 0.29) is 0 Å². The van der Waals surface area contributed by atoms with Gasteiger partial charge in [0.2, 0.25) is 0 Å². The number of rotatable bonds is 2. The summed E-state index contributed by atoms with van der Waals surface area (Å²) < 4.78 is 1.13. The molecule has 1 aliphatic carbocycles. The van der Waals surface area contributed by atoms with Crippen LogP contribution in [0.25, 0.3) is 0 Å². The first kappa shape index (κ1) is 12.6. The zero-order chi connectivity index (χ0) is 11.8. The first-order chi connectivity index (χ1) is 7.49. The average Bonchev–Trinajstić information content (AvgIpc) is 2.58. The Balaban J connectivity index is 2.11. The fourth-order valence-electron chi connectivity index (χ4n) is 2.70. The molecule has 2 rings (SSSR count). The minimum Gasteiger partial charge on any atom is -0.389 e. The van der Waals surface area contributed by atoms with Gasteiger partial charge in [-0.1, -0.05) is 20.3 Å². The highest BCUT2D eigenvalue weighted by molar-refractivity contribution is 9.10. The molecule has 1 saturated carbocycles. The van der Waals surface area contributed by atoms with Gasteiger partial charge in [0, 0.05) is 21.2 Å². The van der Waals surface area contributed by atoms with Gasteiger partial charge >= 0.3 is 0 Å². The highest BCUT2D eigenvalue weighted by Crippen LogP contribution is 2.40. The maximum Gasteiger partial charge on any atom is 0.0723 e. The summed E-state index contributed by atoms with van der Waals surface area (Å²) in [6.07, 6.45) is 4.18. The number of thiophene rings is 1. The van der Waals surface area contributed by atoms with Gasteiger partial charge in [0.05, 0.1) is 5.60 Å². The van der Waals surface area contributed by atoms with Gasteiger partial charge in [-0.3, -0.25) is 0 Å². The molecular formula is C13H19BrOS. The summed E-state index contributed by atoms with van der Waals surface area (Å²) in [5.41, 5.74) is -0.484. The minimum absolute atomic E-state index is 0.421. The van der Waals surface area contributed by atoms with Crippen LogP contribution in [-0.2, 0) is 6.42 Å². The zero-order valence-corrected chi connectivity index (χ0v) is 12.3. The molecule has 0 bridgehead atoms. The molecule has 1 fully saturated rings. The summed E-state index contributed by atoms with van der Waals surface area (Å²) in [4.78, 5) is 1.29. The van der Waals surface area contributed by atoms with Crippen LogP contribution in [0.5, 0.6) is 0 Å². The number of hydrogen-bond acceptors (Lipinski definition) is 2. The van der Waals surface area contributed by atoms with Crippen molar-refractivity contribution < 1.29 is 5.11 Å². The van der Waals surface area contributed by atoms with Crippen molar-refractivity contribution >= 4 is 27.3 Å². The van der Waals surface area contributed by atoms with Crippen molar-refractivity contribution in [2.75, 3.05) is 0 Å². The molecule has 1 aromatic rings. The van der Waals surface area contributed by atoms with Crippen molar-refractivity contribution in [2.45, 2.75) is 45.1 Å². The molecular weight excluding hydrogens is 284 g/mol. The normalized spacial score (nSPS) is 35.2. The zero-order valence-electron chi connectivity index (χ0n) is 9.87. The molecule has 0 aliphatic heterocycles. The first-order valence-electron chi connectivity index (χ1n) is 5.95. The van der Waals surface area contributed by atoms with E-state index >= 15 is 0 Å². The Labute approximate surface area is 110 Å². The van der Waals surface area contributed by atoms with Crippen molar-refractivity contribution in [1.29, 1.82) is 0 Å². The Kier molecular flexibility index (Phi) is 3.77. The quantitative estimate of drug-likeness (QED) is 0.866. The van der Waals surface area contributed by atoms with Crippen LogP contribution in [0.1, 0.15) is 38.0 Å². The van der Waals surface area contributed by atoms with Crippen LogP contribution < -0.4 is 0 Å². The largest absolute Gasteiger partial charge is 0.389 e. The molecule has 1 heterocycles. The van der Waals surface area contributed by atoms with Crippen LogP contribution >= 0.6 is 27.3 Å². The Morgan fingerprint density at radius 3 is 2.88 bits per heavy atom. The summed E-state index contributed by atoms with van der Waals surface area (Å²) in [7, 11) is 0. The lowest BCUT2D eigenvalue weighted by molar-refractivity contribution is -0.0554. The van der Waals surface area contributed by atoms with Crippen LogP contribution in [0.2, 0.25) is 0 Å². The lowest BCUT2D eigenvalue weighted by atomic mass is 9.70. The number of hydrogen-bond donors (Lipinski definition) is 1. The van der Waals surface area contributed by atoms with Gasteiger partial charge in [0.25, 0.3) is 0 Å². The molecule has 0 radical (unpaired) electrons. The summed E-state index contributed by atoms with van der Waals surface area (Å²) >= 11 is 5.21. The third kappa shape index (κ3) is 2.69. The minimum atomic E-state index is -0.484. The Hall–Kier alpha value is 0.140. The fraction of sp³-hybridized carbons (Fsp3) is 0.692. The summed E-state index contributed by atoms with van der Waals surface area (Å²) in [6.45, 7) is 4.44. The van der Waals surface area contributed by atoms with Crippen LogP contribution in [0.4, 0.5) is 0 Å². The topological polar surface area (TPSA) is 20.2 Å². The van der Waals surface area contributed by atoms with E-state index < -0.39 is 5.60 Å². The smallest absolute Gasteiger partial charge is 0.0723 e. The maximum absolute atomic E-state index is 10.8. The molecule has 0 saturated heterocycles. The van der Waals surface area contributed by atoms with E-state index in [1.54, 1.807) is 11.3 Å². The highest BCUT2D eigenvalue weighted by Gasteiger charge is 2.38. The van der Waals surface area contributed by atoms with E-state index in [0.717, 1.165) is 23.7 Å². The summed E-state index contributed by atoms with van der Waals surface area (Å²) in [5.74, 6) is 1.08. The fourth-order valence-corrected chi connectivity index (χ4v) is 4.27. The van der Waals surface area contributed by atoms with Crippen LogP contribution in [0, 0.1) is 11.8 Å². The van der Waals surface area contributed by atoms with Gasteiger partial charge in [-0.15, -0.1) is 11.3 Å². The molecule has 0 spiro atoms. The van der Waals surface area contributed by atoms with Gasteiger partial charge in [-0.25, -0.2) is 0 Å². The van der Waals surface area contributed by atoms with Gasteiger partial charge in [-0.2, -0.15) is 0 Å². The van der Waals surface area contributed by atoms with Crippen molar-refractivity contribution in [3.8, 4) is 0 Å². The highest BCUT2D eigenvalue weighted by atomic mass is 79.9. The molecule has 1 aliphatic rings. The molecule has 1 N–H and O–H groups in total. The van der Waals surface area contributed by atoms with Crippen molar-refractivity contribution in [1.82, 2.24) is 0 Å². The van der Waals surface area contributed by atoms with Crippen LogP contribution in [0.3, 0.4) is 0 Å². The second-order valence-electron chi connectivity index (χ2n) is 5.30. The molecule has 3 heteroatoms. The SMILES string of the molecule is CC1CCC(C)C(O)(Cc2cc(Br)cs2)C1. The van der Waals surface area contributed by atoms with E-state index in [9.17, 15) is 5.11 Å². The molecule has 1 aromatic heterocycles. The van der Waals surface area contributed by atoms with Crippen LogP contribution in [0.15, 0.2) is 15.9 Å². The van der Waals surface area contributed by atoms with E-state index in [4.69, 9.17) is 0 Å². The Morgan fingerprint density at radius 1 is 1.50 bits per heavy atom. The Bertz CT molecular complexity index is 363. The molecule has 90 valence electrons.